The van der Waals surface area contributed by atoms with E-state index < -0.39 is 0 Å². The summed E-state index contributed by atoms with van der Waals surface area (Å²) in [7, 11) is 0. The van der Waals surface area contributed by atoms with E-state index >= 15 is 0 Å². The fourth-order valence-corrected chi connectivity index (χ4v) is 1.63. The number of aromatic nitrogens is 1. The summed E-state index contributed by atoms with van der Waals surface area (Å²) in [6.07, 6.45) is 0. The summed E-state index contributed by atoms with van der Waals surface area (Å²) in [5.41, 5.74) is 0.0144. The van der Waals surface area contributed by atoms with Gasteiger partial charge in [-0.15, -0.1) is 0 Å². The Morgan fingerprint density at radius 3 is 2.73 bits per heavy atom. The first-order valence-corrected chi connectivity index (χ1v) is 3.76. The van der Waals surface area contributed by atoms with E-state index in [0.717, 1.165) is 10.1 Å². The first-order chi connectivity index (χ1) is 4.88. The van der Waals surface area contributed by atoms with Crippen LogP contribution in [0.1, 0.15) is 0 Å². The molecular weight excluding hydrogens is 169 g/mol. The molecule has 0 bridgehead atoms. The SMILES string of the molecule is O=c1[nH]sc2ccccc12.[NaH]. The van der Waals surface area contributed by atoms with Gasteiger partial charge in [0.2, 0.25) is 0 Å². The Kier molecular flexibility index (Phi) is 2.90. The van der Waals surface area contributed by atoms with Gasteiger partial charge in [0.15, 0.2) is 0 Å². The molecule has 1 aromatic heterocycles. The van der Waals surface area contributed by atoms with Gasteiger partial charge in [-0.05, 0) is 12.1 Å². The number of rotatable bonds is 0. The van der Waals surface area contributed by atoms with Crippen molar-refractivity contribution in [3.05, 3.63) is 34.6 Å². The van der Waals surface area contributed by atoms with E-state index in [-0.39, 0.29) is 35.1 Å². The molecule has 0 aliphatic rings. The molecule has 2 aromatic rings. The Morgan fingerprint density at radius 2 is 2.00 bits per heavy atom. The van der Waals surface area contributed by atoms with Gasteiger partial charge in [0, 0.05) is 0 Å². The standard InChI is InChI=1S/C7H5NOS.Na.H/c9-7-5-3-1-2-4-6(5)10-8-7;;/h1-4H,(H,8,9);;. The van der Waals surface area contributed by atoms with Crippen molar-refractivity contribution in [1.29, 1.82) is 0 Å². The van der Waals surface area contributed by atoms with Crippen LogP contribution < -0.4 is 5.56 Å². The van der Waals surface area contributed by atoms with Gasteiger partial charge in [-0.25, -0.2) is 0 Å². The zero-order valence-electron chi connectivity index (χ0n) is 5.13. The second-order valence-electron chi connectivity index (χ2n) is 2.03. The Balaban J connectivity index is 0.000000605. The number of hydrogen-bond acceptors (Lipinski definition) is 2. The van der Waals surface area contributed by atoms with Crippen LogP contribution in [0.25, 0.3) is 10.1 Å². The van der Waals surface area contributed by atoms with Crippen LogP contribution in [0.4, 0.5) is 0 Å². The summed E-state index contributed by atoms with van der Waals surface area (Å²) in [6, 6.07) is 7.54. The minimum atomic E-state index is 0. The van der Waals surface area contributed by atoms with Gasteiger partial charge >= 0.3 is 29.6 Å². The van der Waals surface area contributed by atoms with Gasteiger partial charge in [-0.2, -0.15) is 0 Å². The van der Waals surface area contributed by atoms with Crippen LogP contribution in [0.15, 0.2) is 29.1 Å². The third kappa shape index (κ3) is 1.56. The summed E-state index contributed by atoms with van der Waals surface area (Å²) in [6.45, 7) is 0. The maximum atomic E-state index is 10.9. The van der Waals surface area contributed by atoms with Crippen LogP contribution in [0.2, 0.25) is 0 Å². The fraction of sp³-hybridized carbons (Fsp3) is 0. The molecule has 4 heteroatoms. The first kappa shape index (κ1) is 9.00. The Morgan fingerprint density at radius 1 is 1.27 bits per heavy atom. The number of H-pyrrole nitrogens is 1. The van der Waals surface area contributed by atoms with Crippen molar-refractivity contribution < 1.29 is 0 Å². The Bertz CT molecular complexity index is 406. The molecule has 0 saturated heterocycles. The third-order valence-electron chi connectivity index (χ3n) is 1.39. The average Bonchev–Trinajstić information content (AvgIpc) is 2.34. The molecule has 0 radical (unpaired) electrons. The molecule has 1 aromatic carbocycles. The van der Waals surface area contributed by atoms with Gasteiger partial charge < -0.3 is 0 Å². The number of aromatic amines is 1. The molecule has 11 heavy (non-hydrogen) atoms. The van der Waals surface area contributed by atoms with Gasteiger partial charge in [-0.1, -0.05) is 23.7 Å². The number of hydrogen-bond donors (Lipinski definition) is 1. The summed E-state index contributed by atoms with van der Waals surface area (Å²) >= 11 is 1.38. The van der Waals surface area contributed by atoms with E-state index in [1.54, 1.807) is 0 Å². The predicted octanol–water partition coefficient (Wildman–Crippen LogP) is 0.941. The van der Waals surface area contributed by atoms with E-state index in [1.807, 2.05) is 24.3 Å². The molecule has 0 fully saturated rings. The number of fused-ring (bicyclic) bond motifs is 1. The van der Waals surface area contributed by atoms with Gasteiger partial charge in [0.05, 0.1) is 10.1 Å². The first-order valence-electron chi connectivity index (χ1n) is 2.94. The van der Waals surface area contributed by atoms with Crippen molar-refractivity contribution in [2.75, 3.05) is 0 Å². The second-order valence-corrected chi connectivity index (χ2v) is 2.88. The number of benzene rings is 1. The molecule has 1 N–H and O–H groups in total. The summed E-state index contributed by atoms with van der Waals surface area (Å²) in [5.74, 6) is 0. The van der Waals surface area contributed by atoms with Gasteiger partial charge in [0.1, 0.15) is 0 Å². The molecule has 0 aliphatic heterocycles. The monoisotopic (exact) mass is 175 g/mol. The molecular formula is C7H6NNaOS. The van der Waals surface area contributed by atoms with Gasteiger partial charge in [0.25, 0.3) is 5.56 Å². The molecule has 1 heterocycles. The van der Waals surface area contributed by atoms with E-state index in [4.69, 9.17) is 0 Å². The summed E-state index contributed by atoms with van der Waals surface area (Å²) in [5, 5.41) is 0.785. The van der Waals surface area contributed by atoms with Crippen LogP contribution in [0.5, 0.6) is 0 Å². The summed E-state index contributed by atoms with van der Waals surface area (Å²) < 4.78 is 3.68. The van der Waals surface area contributed by atoms with Crippen LogP contribution >= 0.6 is 11.5 Å². The van der Waals surface area contributed by atoms with Crippen LogP contribution in [-0.2, 0) is 0 Å². The quantitative estimate of drug-likeness (QED) is 0.594. The Hall–Kier alpha value is -0.0900. The minimum absolute atomic E-state index is 0. The fourth-order valence-electron chi connectivity index (χ4n) is 0.900. The average molecular weight is 175 g/mol. The molecule has 0 atom stereocenters. The van der Waals surface area contributed by atoms with E-state index in [2.05, 4.69) is 4.37 Å². The van der Waals surface area contributed by atoms with Crippen LogP contribution in [0.3, 0.4) is 0 Å². The van der Waals surface area contributed by atoms with E-state index in [9.17, 15) is 4.79 Å². The normalized spacial score (nSPS) is 9.45. The van der Waals surface area contributed by atoms with Crippen LogP contribution in [-0.4, -0.2) is 33.9 Å². The topological polar surface area (TPSA) is 32.9 Å². The zero-order chi connectivity index (χ0) is 6.97. The van der Waals surface area contributed by atoms with Crippen LogP contribution in [0, 0.1) is 0 Å². The number of nitrogens with one attached hydrogen (secondary N) is 1. The molecule has 0 spiro atoms. The molecule has 0 saturated carbocycles. The molecule has 0 aliphatic carbocycles. The third-order valence-corrected chi connectivity index (χ3v) is 2.25. The van der Waals surface area contributed by atoms with Crippen molar-refractivity contribution in [2.45, 2.75) is 0 Å². The molecule has 52 valence electrons. The molecule has 2 nitrogen and oxygen atoms in total. The van der Waals surface area contributed by atoms with Crippen molar-refractivity contribution in [3.63, 3.8) is 0 Å². The second kappa shape index (κ2) is 3.54. The van der Waals surface area contributed by atoms with Gasteiger partial charge in [-0.3, -0.25) is 9.17 Å². The molecule has 0 amide bonds. The molecule has 2 rings (SSSR count). The summed E-state index contributed by atoms with van der Waals surface area (Å²) in [4.78, 5) is 10.9. The predicted molar refractivity (Wildman–Crippen MR) is 49.6 cm³/mol. The van der Waals surface area contributed by atoms with Crippen molar-refractivity contribution in [1.82, 2.24) is 4.37 Å². The van der Waals surface area contributed by atoms with Crippen molar-refractivity contribution in [3.8, 4) is 0 Å². The van der Waals surface area contributed by atoms with E-state index in [1.165, 1.54) is 11.5 Å². The zero-order valence-corrected chi connectivity index (χ0v) is 5.94. The van der Waals surface area contributed by atoms with Crippen molar-refractivity contribution >= 4 is 51.2 Å². The Labute approximate surface area is 89.7 Å². The van der Waals surface area contributed by atoms with E-state index in [0.29, 0.717) is 0 Å². The molecule has 0 unspecified atom stereocenters. The maximum absolute atomic E-state index is 10.9. The van der Waals surface area contributed by atoms with Crippen molar-refractivity contribution in [2.24, 2.45) is 0 Å².